The Balaban J connectivity index is 1.67. The Kier molecular flexibility index (Phi) is 4.07. The lowest BCUT2D eigenvalue weighted by molar-refractivity contribution is 0.0746. The number of pyridine rings is 1. The van der Waals surface area contributed by atoms with Crippen molar-refractivity contribution in [1.82, 2.24) is 14.9 Å². The van der Waals surface area contributed by atoms with Gasteiger partial charge >= 0.3 is 0 Å². The van der Waals surface area contributed by atoms with Gasteiger partial charge < -0.3 is 9.80 Å². The van der Waals surface area contributed by atoms with Gasteiger partial charge in [-0.1, -0.05) is 11.6 Å². The van der Waals surface area contributed by atoms with Gasteiger partial charge in [-0.3, -0.25) is 4.79 Å². The van der Waals surface area contributed by atoms with E-state index in [2.05, 4.69) is 14.9 Å². The Morgan fingerprint density at radius 1 is 1.29 bits per heavy atom. The molecule has 0 spiro atoms. The SMILES string of the molecule is Cc1cc(C(=O)N2CCN(c3nccs3)CC2)cc(Cl)n1. The molecular formula is C14H15ClN4OS. The normalized spacial score (nSPS) is 15.3. The van der Waals surface area contributed by atoms with Crippen LogP contribution < -0.4 is 4.90 Å². The van der Waals surface area contributed by atoms with E-state index in [0.29, 0.717) is 23.8 Å². The molecule has 3 rings (SSSR count). The van der Waals surface area contributed by atoms with Gasteiger partial charge in [-0.05, 0) is 19.1 Å². The molecule has 0 radical (unpaired) electrons. The van der Waals surface area contributed by atoms with E-state index in [1.165, 1.54) is 0 Å². The van der Waals surface area contributed by atoms with Crippen LogP contribution in [-0.2, 0) is 0 Å². The van der Waals surface area contributed by atoms with Crippen molar-refractivity contribution in [3.8, 4) is 0 Å². The van der Waals surface area contributed by atoms with Crippen molar-refractivity contribution in [2.24, 2.45) is 0 Å². The second-order valence-corrected chi connectivity index (χ2v) is 6.17. The molecule has 3 heterocycles. The second kappa shape index (κ2) is 5.99. The molecule has 110 valence electrons. The van der Waals surface area contributed by atoms with E-state index in [9.17, 15) is 4.79 Å². The number of carbonyl (C=O) groups excluding carboxylic acids is 1. The van der Waals surface area contributed by atoms with E-state index >= 15 is 0 Å². The second-order valence-electron chi connectivity index (χ2n) is 4.91. The smallest absolute Gasteiger partial charge is 0.254 e. The van der Waals surface area contributed by atoms with Crippen molar-refractivity contribution in [3.05, 3.63) is 40.1 Å². The first-order chi connectivity index (χ1) is 10.1. The molecule has 1 saturated heterocycles. The third-order valence-electron chi connectivity index (χ3n) is 3.43. The molecule has 0 unspecified atom stereocenters. The standard InChI is InChI=1S/C14H15ClN4OS/c1-10-8-11(9-12(15)17-10)13(20)18-3-5-19(6-4-18)14-16-2-7-21-14/h2,7-9H,3-6H2,1H3. The summed E-state index contributed by atoms with van der Waals surface area (Å²) in [4.78, 5) is 25.0. The van der Waals surface area contributed by atoms with E-state index in [4.69, 9.17) is 11.6 Å². The number of thiazole rings is 1. The van der Waals surface area contributed by atoms with Crippen LogP contribution in [0.3, 0.4) is 0 Å². The van der Waals surface area contributed by atoms with Gasteiger partial charge in [0.25, 0.3) is 5.91 Å². The summed E-state index contributed by atoms with van der Waals surface area (Å²) in [5.74, 6) is 0.0150. The molecule has 2 aromatic heterocycles. The third kappa shape index (κ3) is 3.16. The number of aromatic nitrogens is 2. The fourth-order valence-electron chi connectivity index (χ4n) is 2.41. The summed E-state index contributed by atoms with van der Waals surface area (Å²) in [6, 6.07) is 3.41. The Morgan fingerprint density at radius 2 is 2.05 bits per heavy atom. The molecule has 5 nitrogen and oxygen atoms in total. The van der Waals surface area contributed by atoms with Crippen LogP contribution in [0, 0.1) is 6.92 Å². The summed E-state index contributed by atoms with van der Waals surface area (Å²) in [5.41, 5.74) is 1.36. The molecule has 0 atom stereocenters. The number of anilines is 1. The molecule has 0 bridgehead atoms. The number of halogens is 1. The average Bonchev–Trinajstić information content (AvgIpc) is 3.00. The predicted molar refractivity (Wildman–Crippen MR) is 84.2 cm³/mol. The summed E-state index contributed by atoms with van der Waals surface area (Å²) in [5, 5.41) is 3.35. The molecule has 0 aromatic carbocycles. The summed E-state index contributed by atoms with van der Waals surface area (Å²) in [7, 11) is 0. The lowest BCUT2D eigenvalue weighted by Crippen LogP contribution is -2.48. The van der Waals surface area contributed by atoms with Crippen LogP contribution in [0.1, 0.15) is 16.1 Å². The van der Waals surface area contributed by atoms with Crippen molar-refractivity contribution >= 4 is 34.0 Å². The Bertz CT molecular complexity index is 618. The number of carbonyl (C=O) groups is 1. The number of amides is 1. The van der Waals surface area contributed by atoms with Crippen molar-refractivity contribution in [1.29, 1.82) is 0 Å². The number of aryl methyl sites for hydroxylation is 1. The highest BCUT2D eigenvalue weighted by atomic mass is 35.5. The van der Waals surface area contributed by atoms with Crippen LogP contribution in [0.15, 0.2) is 23.7 Å². The van der Waals surface area contributed by atoms with E-state index in [-0.39, 0.29) is 5.91 Å². The number of rotatable bonds is 2. The van der Waals surface area contributed by atoms with Crippen LogP contribution in [0.2, 0.25) is 5.15 Å². The van der Waals surface area contributed by atoms with Crippen LogP contribution >= 0.6 is 22.9 Å². The first-order valence-electron chi connectivity index (χ1n) is 6.71. The van der Waals surface area contributed by atoms with Gasteiger partial charge in [-0.15, -0.1) is 11.3 Å². The number of hydrogen-bond acceptors (Lipinski definition) is 5. The fraction of sp³-hybridized carbons (Fsp3) is 0.357. The summed E-state index contributed by atoms with van der Waals surface area (Å²) in [6.07, 6.45) is 1.80. The van der Waals surface area contributed by atoms with Crippen LogP contribution in [0.5, 0.6) is 0 Å². The molecule has 0 N–H and O–H groups in total. The minimum atomic E-state index is 0.0150. The Morgan fingerprint density at radius 3 is 2.67 bits per heavy atom. The maximum atomic E-state index is 12.5. The molecule has 1 fully saturated rings. The van der Waals surface area contributed by atoms with E-state index in [1.54, 1.807) is 29.7 Å². The molecule has 1 amide bonds. The lowest BCUT2D eigenvalue weighted by atomic mass is 10.2. The number of piperazine rings is 1. The molecule has 2 aromatic rings. The minimum absolute atomic E-state index is 0.0150. The zero-order valence-electron chi connectivity index (χ0n) is 11.6. The number of hydrogen-bond donors (Lipinski definition) is 0. The van der Waals surface area contributed by atoms with Crippen molar-refractivity contribution < 1.29 is 4.79 Å². The first kappa shape index (κ1) is 14.3. The zero-order valence-corrected chi connectivity index (χ0v) is 13.2. The van der Waals surface area contributed by atoms with Gasteiger partial charge in [-0.2, -0.15) is 0 Å². The highest BCUT2D eigenvalue weighted by Crippen LogP contribution is 2.20. The molecule has 7 heteroatoms. The van der Waals surface area contributed by atoms with Gasteiger partial charge in [0.05, 0.1) is 0 Å². The van der Waals surface area contributed by atoms with Crippen LogP contribution in [0.4, 0.5) is 5.13 Å². The zero-order chi connectivity index (χ0) is 14.8. The quantitative estimate of drug-likeness (QED) is 0.797. The fourth-order valence-corrected chi connectivity index (χ4v) is 3.35. The van der Waals surface area contributed by atoms with Crippen LogP contribution in [-0.4, -0.2) is 47.0 Å². The molecule has 1 aliphatic rings. The highest BCUT2D eigenvalue weighted by Gasteiger charge is 2.23. The van der Waals surface area contributed by atoms with Crippen molar-refractivity contribution in [3.63, 3.8) is 0 Å². The summed E-state index contributed by atoms with van der Waals surface area (Å²) >= 11 is 7.55. The van der Waals surface area contributed by atoms with E-state index < -0.39 is 0 Å². The lowest BCUT2D eigenvalue weighted by Gasteiger charge is -2.34. The molecule has 0 aliphatic carbocycles. The largest absolute Gasteiger partial charge is 0.345 e. The third-order valence-corrected chi connectivity index (χ3v) is 4.45. The van der Waals surface area contributed by atoms with E-state index in [1.807, 2.05) is 17.2 Å². The molecular weight excluding hydrogens is 308 g/mol. The minimum Gasteiger partial charge on any atom is -0.345 e. The molecule has 21 heavy (non-hydrogen) atoms. The highest BCUT2D eigenvalue weighted by molar-refractivity contribution is 7.13. The van der Waals surface area contributed by atoms with Crippen molar-refractivity contribution in [2.45, 2.75) is 6.92 Å². The maximum Gasteiger partial charge on any atom is 0.254 e. The molecule has 0 saturated carbocycles. The maximum absolute atomic E-state index is 12.5. The summed E-state index contributed by atoms with van der Waals surface area (Å²) in [6.45, 7) is 4.83. The first-order valence-corrected chi connectivity index (χ1v) is 7.97. The number of nitrogens with zero attached hydrogens (tertiary/aromatic N) is 4. The topological polar surface area (TPSA) is 49.3 Å². The van der Waals surface area contributed by atoms with Gasteiger partial charge in [0.15, 0.2) is 5.13 Å². The monoisotopic (exact) mass is 322 g/mol. The van der Waals surface area contributed by atoms with Gasteiger partial charge in [-0.25, -0.2) is 9.97 Å². The average molecular weight is 323 g/mol. The van der Waals surface area contributed by atoms with Gasteiger partial charge in [0, 0.05) is 49.0 Å². The predicted octanol–water partition coefficient (Wildman–Crippen LogP) is 2.46. The van der Waals surface area contributed by atoms with Crippen LogP contribution in [0.25, 0.3) is 0 Å². The van der Waals surface area contributed by atoms with Crippen molar-refractivity contribution in [2.75, 3.05) is 31.1 Å². The Hall–Kier alpha value is -1.66. The summed E-state index contributed by atoms with van der Waals surface area (Å²) < 4.78 is 0. The molecule has 1 aliphatic heterocycles. The van der Waals surface area contributed by atoms with E-state index in [0.717, 1.165) is 23.9 Å². The van der Waals surface area contributed by atoms with Gasteiger partial charge in [0.2, 0.25) is 0 Å². The Labute approximate surface area is 132 Å². The van der Waals surface area contributed by atoms with Gasteiger partial charge in [0.1, 0.15) is 5.15 Å².